The molecule has 0 unspecified atom stereocenters. The zero-order valence-electron chi connectivity index (χ0n) is 19.9. The highest BCUT2D eigenvalue weighted by molar-refractivity contribution is 6.04. The van der Waals surface area contributed by atoms with E-state index in [0.29, 0.717) is 35.7 Å². The van der Waals surface area contributed by atoms with Gasteiger partial charge in [-0.05, 0) is 37.3 Å². The van der Waals surface area contributed by atoms with Gasteiger partial charge in [0, 0.05) is 24.5 Å². The highest BCUT2D eigenvalue weighted by Crippen LogP contribution is 2.26. The van der Waals surface area contributed by atoms with Gasteiger partial charge < -0.3 is 9.73 Å². The maximum atomic E-state index is 14.2. The number of aromatic nitrogens is 6. The summed E-state index contributed by atoms with van der Waals surface area (Å²) in [6.45, 7) is 2.42. The first kappa shape index (κ1) is 22.6. The predicted molar refractivity (Wildman–Crippen MR) is 134 cm³/mol. The lowest BCUT2D eigenvalue weighted by molar-refractivity contribution is 0.0949. The van der Waals surface area contributed by atoms with Crippen LogP contribution in [0.25, 0.3) is 28.0 Å². The number of nitrogens with one attached hydrogen (secondary N) is 1. The van der Waals surface area contributed by atoms with E-state index in [1.807, 2.05) is 53.1 Å². The highest BCUT2D eigenvalue weighted by atomic mass is 19.1. The highest BCUT2D eigenvalue weighted by Gasteiger charge is 2.20. The van der Waals surface area contributed by atoms with E-state index in [4.69, 9.17) is 4.42 Å². The fourth-order valence-electron chi connectivity index (χ4n) is 4.32. The third kappa shape index (κ3) is 4.22. The van der Waals surface area contributed by atoms with E-state index in [1.165, 1.54) is 6.07 Å². The van der Waals surface area contributed by atoms with Crippen LogP contribution in [0.2, 0.25) is 0 Å². The maximum Gasteiger partial charge on any atom is 0.272 e. The molecule has 2 aromatic carbocycles. The molecule has 0 aliphatic rings. The number of carbonyl (C=O) groups excluding carboxylic acids is 1. The van der Waals surface area contributed by atoms with Crippen LogP contribution in [0.3, 0.4) is 0 Å². The summed E-state index contributed by atoms with van der Waals surface area (Å²) in [4.78, 5) is 17.6. The van der Waals surface area contributed by atoms with Gasteiger partial charge in [-0.25, -0.2) is 9.37 Å². The third-order valence-electron chi connectivity index (χ3n) is 6.19. The molecular formula is C27H22FN7O2. The number of carbonyl (C=O) groups is 1. The van der Waals surface area contributed by atoms with Crippen molar-refractivity contribution in [2.24, 2.45) is 0 Å². The Balaban J connectivity index is 1.23. The molecule has 6 rings (SSSR count). The van der Waals surface area contributed by atoms with Crippen LogP contribution < -0.4 is 5.32 Å². The van der Waals surface area contributed by atoms with Crippen molar-refractivity contribution in [3.05, 3.63) is 102 Å². The normalized spacial score (nSPS) is 11.4. The summed E-state index contributed by atoms with van der Waals surface area (Å²) < 4.78 is 23.6. The Kier molecular flexibility index (Phi) is 5.68. The molecule has 0 radical (unpaired) electrons. The number of amides is 1. The number of pyridine rings is 1. The molecular weight excluding hydrogens is 473 g/mol. The molecule has 0 fully saturated rings. The summed E-state index contributed by atoms with van der Waals surface area (Å²) in [6, 6.07) is 19.5. The molecule has 0 spiro atoms. The van der Waals surface area contributed by atoms with Crippen molar-refractivity contribution in [3.8, 4) is 11.5 Å². The first-order chi connectivity index (χ1) is 18.1. The first-order valence-electron chi connectivity index (χ1n) is 11.8. The smallest absolute Gasteiger partial charge is 0.272 e. The van der Waals surface area contributed by atoms with Gasteiger partial charge in [0.1, 0.15) is 23.1 Å². The topological polar surface area (TPSA) is 103 Å². The van der Waals surface area contributed by atoms with Gasteiger partial charge in [-0.2, -0.15) is 5.10 Å². The zero-order valence-corrected chi connectivity index (χ0v) is 19.9. The number of halogens is 1. The Bertz CT molecular complexity index is 1750. The summed E-state index contributed by atoms with van der Waals surface area (Å²) >= 11 is 0. The van der Waals surface area contributed by atoms with Crippen LogP contribution in [-0.4, -0.2) is 41.8 Å². The molecule has 37 heavy (non-hydrogen) atoms. The maximum absolute atomic E-state index is 14.2. The summed E-state index contributed by atoms with van der Waals surface area (Å²) in [5, 5.41) is 16.6. The van der Waals surface area contributed by atoms with Crippen molar-refractivity contribution in [1.82, 2.24) is 34.7 Å². The molecule has 1 N–H and O–H groups in total. The molecule has 0 bridgehead atoms. The minimum Gasteiger partial charge on any atom is -0.441 e. The predicted octanol–water partition coefficient (Wildman–Crippen LogP) is 4.20. The SMILES string of the molecule is Cc1oc(-c2ccccc2F)nc1Cn1nc(C(=O)NCCc2nnc3ccccn23)c2ccccc21. The van der Waals surface area contributed by atoms with Crippen molar-refractivity contribution in [3.63, 3.8) is 0 Å². The van der Waals surface area contributed by atoms with Gasteiger partial charge in [-0.3, -0.25) is 13.9 Å². The number of fused-ring (bicyclic) bond motifs is 2. The fraction of sp³-hybridized carbons (Fsp3) is 0.148. The standard InChI is InChI=1S/C27H22FN7O2/c1-17-21(30-27(37-17)18-8-2-4-10-20(18)28)16-35-22-11-5-3-9-19(22)25(33-35)26(36)29-14-13-24-32-31-23-12-6-7-15-34(23)24/h2-12,15H,13-14,16H2,1H3,(H,29,36). The molecule has 0 atom stereocenters. The molecule has 9 nitrogen and oxygen atoms in total. The molecule has 4 heterocycles. The second kappa shape index (κ2) is 9.30. The lowest BCUT2D eigenvalue weighted by atomic mass is 10.2. The van der Waals surface area contributed by atoms with E-state index in [-0.39, 0.29) is 18.3 Å². The number of oxazole rings is 1. The lowest BCUT2D eigenvalue weighted by Gasteiger charge is -2.03. The number of benzene rings is 2. The van der Waals surface area contributed by atoms with E-state index in [1.54, 1.807) is 29.8 Å². The average Bonchev–Trinajstić information content (AvgIpc) is 3.60. The second-order valence-electron chi connectivity index (χ2n) is 8.58. The Labute approximate surface area is 210 Å². The Morgan fingerprint density at radius 3 is 2.73 bits per heavy atom. The van der Waals surface area contributed by atoms with Gasteiger partial charge in [0.05, 0.1) is 17.6 Å². The van der Waals surface area contributed by atoms with Crippen LogP contribution in [0.1, 0.15) is 27.8 Å². The molecule has 0 saturated carbocycles. The van der Waals surface area contributed by atoms with Crippen molar-refractivity contribution < 1.29 is 13.6 Å². The molecule has 10 heteroatoms. The summed E-state index contributed by atoms with van der Waals surface area (Å²) in [7, 11) is 0. The molecule has 0 saturated heterocycles. The number of hydrogen-bond donors (Lipinski definition) is 1. The van der Waals surface area contributed by atoms with Crippen LogP contribution >= 0.6 is 0 Å². The number of nitrogens with zero attached hydrogens (tertiary/aromatic N) is 6. The summed E-state index contributed by atoms with van der Waals surface area (Å²) in [5.74, 6) is 0.842. The Morgan fingerprint density at radius 2 is 1.84 bits per heavy atom. The lowest BCUT2D eigenvalue weighted by Crippen LogP contribution is -2.27. The summed E-state index contributed by atoms with van der Waals surface area (Å²) in [5.41, 5.74) is 2.76. The first-order valence-corrected chi connectivity index (χ1v) is 11.8. The summed E-state index contributed by atoms with van der Waals surface area (Å²) in [6.07, 6.45) is 2.41. The largest absolute Gasteiger partial charge is 0.441 e. The van der Waals surface area contributed by atoms with Gasteiger partial charge in [0.2, 0.25) is 5.89 Å². The average molecular weight is 496 g/mol. The molecule has 6 aromatic rings. The number of rotatable bonds is 7. The van der Waals surface area contributed by atoms with Crippen molar-refractivity contribution in [2.45, 2.75) is 19.9 Å². The van der Waals surface area contributed by atoms with Crippen molar-refractivity contribution in [1.29, 1.82) is 0 Å². The Morgan fingerprint density at radius 1 is 1.03 bits per heavy atom. The van der Waals surface area contributed by atoms with E-state index in [9.17, 15) is 9.18 Å². The third-order valence-corrected chi connectivity index (χ3v) is 6.19. The van der Waals surface area contributed by atoms with Crippen LogP contribution in [0.4, 0.5) is 4.39 Å². The minimum atomic E-state index is -0.405. The second-order valence-corrected chi connectivity index (χ2v) is 8.58. The van der Waals surface area contributed by atoms with Crippen LogP contribution in [0.15, 0.2) is 77.3 Å². The fourth-order valence-corrected chi connectivity index (χ4v) is 4.32. The number of para-hydroxylation sites is 1. The van der Waals surface area contributed by atoms with Crippen molar-refractivity contribution in [2.75, 3.05) is 6.54 Å². The van der Waals surface area contributed by atoms with Crippen LogP contribution in [0, 0.1) is 12.7 Å². The molecule has 0 aliphatic heterocycles. The van der Waals surface area contributed by atoms with Gasteiger partial charge >= 0.3 is 0 Å². The van der Waals surface area contributed by atoms with Gasteiger partial charge in [-0.1, -0.05) is 36.4 Å². The molecule has 1 amide bonds. The monoisotopic (exact) mass is 495 g/mol. The van der Waals surface area contributed by atoms with E-state index >= 15 is 0 Å². The molecule has 4 aromatic heterocycles. The minimum absolute atomic E-state index is 0.209. The van der Waals surface area contributed by atoms with Crippen molar-refractivity contribution >= 4 is 22.5 Å². The number of aryl methyl sites for hydroxylation is 1. The van der Waals surface area contributed by atoms with E-state index in [0.717, 1.165) is 22.4 Å². The van der Waals surface area contributed by atoms with E-state index in [2.05, 4.69) is 25.6 Å². The van der Waals surface area contributed by atoms with E-state index < -0.39 is 5.82 Å². The van der Waals surface area contributed by atoms with Crippen LogP contribution in [-0.2, 0) is 13.0 Å². The zero-order chi connectivity index (χ0) is 25.4. The molecule has 184 valence electrons. The Hall–Kier alpha value is -4.86. The van der Waals surface area contributed by atoms with Crippen LogP contribution in [0.5, 0.6) is 0 Å². The molecule has 0 aliphatic carbocycles. The van der Waals surface area contributed by atoms with Gasteiger partial charge in [-0.15, -0.1) is 10.2 Å². The quantitative estimate of drug-likeness (QED) is 0.356. The van der Waals surface area contributed by atoms with Gasteiger partial charge in [0.15, 0.2) is 11.3 Å². The number of hydrogen-bond acceptors (Lipinski definition) is 6. The van der Waals surface area contributed by atoms with Gasteiger partial charge in [0.25, 0.3) is 5.91 Å².